The molecule has 1 rings (SSSR count). The summed E-state index contributed by atoms with van der Waals surface area (Å²) in [7, 11) is 0. The monoisotopic (exact) mass is 224 g/mol. The number of hydrogen-bond donors (Lipinski definition) is 1. The third-order valence-electron chi connectivity index (χ3n) is 2.76. The Labute approximate surface area is 95.1 Å². The van der Waals surface area contributed by atoms with E-state index in [2.05, 4.69) is 0 Å². The largest absolute Gasteiger partial charge is 0.481 e. The molecule has 0 unspecified atom stereocenters. The molecule has 0 aliphatic rings. The number of carboxylic acids is 1. The van der Waals surface area contributed by atoms with Crippen molar-refractivity contribution in [2.24, 2.45) is 0 Å². The zero-order chi connectivity index (χ0) is 12.3. The van der Waals surface area contributed by atoms with Gasteiger partial charge in [-0.1, -0.05) is 32.9 Å². The lowest BCUT2D eigenvalue weighted by atomic mass is 9.80. The Morgan fingerprint density at radius 3 is 2.56 bits per heavy atom. The molecule has 0 bridgehead atoms. The van der Waals surface area contributed by atoms with Crippen LogP contribution < -0.4 is 0 Å². The summed E-state index contributed by atoms with van der Waals surface area (Å²) in [5, 5.41) is 8.81. The maximum absolute atomic E-state index is 13.7. The molecule has 0 saturated heterocycles. The van der Waals surface area contributed by atoms with Gasteiger partial charge < -0.3 is 5.11 Å². The van der Waals surface area contributed by atoms with Crippen LogP contribution in [0.3, 0.4) is 0 Å². The van der Waals surface area contributed by atoms with Crippen molar-refractivity contribution in [3.8, 4) is 0 Å². The van der Waals surface area contributed by atoms with Crippen LogP contribution in [0.25, 0.3) is 0 Å². The molecular weight excluding hydrogens is 207 g/mol. The number of carboxylic acid groups (broad SMARTS) is 1. The number of rotatable bonds is 4. The molecule has 0 aliphatic heterocycles. The van der Waals surface area contributed by atoms with Crippen LogP contribution in [0.1, 0.15) is 38.3 Å². The van der Waals surface area contributed by atoms with Crippen LogP contribution in [0.4, 0.5) is 4.39 Å². The number of halogens is 1. The number of aliphatic carboxylic acids is 1. The Kier molecular flexibility index (Phi) is 3.68. The van der Waals surface area contributed by atoms with Gasteiger partial charge in [-0.2, -0.15) is 0 Å². The fourth-order valence-electron chi connectivity index (χ4n) is 1.78. The summed E-state index contributed by atoms with van der Waals surface area (Å²) >= 11 is 0. The number of hydrogen-bond acceptors (Lipinski definition) is 1. The van der Waals surface area contributed by atoms with Crippen LogP contribution in [0.5, 0.6) is 0 Å². The fraction of sp³-hybridized carbons (Fsp3) is 0.462. The van der Waals surface area contributed by atoms with Crippen molar-refractivity contribution in [3.63, 3.8) is 0 Å². The van der Waals surface area contributed by atoms with E-state index in [9.17, 15) is 9.18 Å². The van der Waals surface area contributed by atoms with E-state index in [0.717, 1.165) is 12.0 Å². The molecule has 0 radical (unpaired) electrons. The van der Waals surface area contributed by atoms with Crippen LogP contribution in [0.15, 0.2) is 18.2 Å². The number of benzene rings is 1. The highest BCUT2D eigenvalue weighted by atomic mass is 19.1. The van der Waals surface area contributed by atoms with Gasteiger partial charge in [-0.05, 0) is 23.6 Å². The highest BCUT2D eigenvalue weighted by Crippen LogP contribution is 2.30. The minimum Gasteiger partial charge on any atom is -0.481 e. The lowest BCUT2D eigenvalue weighted by molar-refractivity contribution is -0.138. The summed E-state index contributed by atoms with van der Waals surface area (Å²) in [5.41, 5.74) is 0.824. The van der Waals surface area contributed by atoms with Crippen molar-refractivity contribution < 1.29 is 14.3 Å². The molecule has 0 aliphatic carbocycles. The first-order chi connectivity index (χ1) is 7.36. The molecular formula is C13H17FO2. The van der Waals surface area contributed by atoms with Crippen LogP contribution in [0, 0.1) is 5.82 Å². The third-order valence-corrected chi connectivity index (χ3v) is 2.76. The molecule has 2 nitrogen and oxygen atoms in total. The second-order valence-electron chi connectivity index (χ2n) is 4.62. The summed E-state index contributed by atoms with van der Waals surface area (Å²) in [6, 6.07) is 4.91. The lowest BCUT2D eigenvalue weighted by Gasteiger charge is -2.24. The molecule has 0 amide bonds. The first-order valence-electron chi connectivity index (χ1n) is 5.37. The molecule has 0 heterocycles. The molecule has 0 spiro atoms. The summed E-state index contributed by atoms with van der Waals surface area (Å²) in [5.74, 6) is -1.24. The average molecular weight is 224 g/mol. The minimum atomic E-state index is -0.911. The predicted octanol–water partition coefficient (Wildman–Crippen LogP) is 3.14. The van der Waals surface area contributed by atoms with Crippen molar-refractivity contribution in [1.29, 1.82) is 0 Å². The SMILES string of the molecule is CCc1ccc(F)c(C(C)(C)CC(=O)O)c1. The molecule has 3 heteroatoms. The zero-order valence-electron chi connectivity index (χ0n) is 9.88. The Balaban J connectivity index is 3.14. The Morgan fingerprint density at radius 1 is 1.44 bits per heavy atom. The van der Waals surface area contributed by atoms with Gasteiger partial charge in [0.2, 0.25) is 0 Å². The van der Waals surface area contributed by atoms with E-state index >= 15 is 0 Å². The summed E-state index contributed by atoms with van der Waals surface area (Å²) in [4.78, 5) is 10.7. The lowest BCUT2D eigenvalue weighted by Crippen LogP contribution is -2.23. The molecule has 88 valence electrons. The first kappa shape index (κ1) is 12.7. The van der Waals surface area contributed by atoms with Gasteiger partial charge in [0.05, 0.1) is 6.42 Å². The smallest absolute Gasteiger partial charge is 0.304 e. The van der Waals surface area contributed by atoms with E-state index in [4.69, 9.17) is 5.11 Å². The van der Waals surface area contributed by atoms with E-state index in [1.807, 2.05) is 6.92 Å². The van der Waals surface area contributed by atoms with Crippen molar-refractivity contribution in [1.82, 2.24) is 0 Å². The summed E-state index contributed by atoms with van der Waals surface area (Å²) in [6.07, 6.45) is 0.744. The van der Waals surface area contributed by atoms with Crippen molar-refractivity contribution in [2.75, 3.05) is 0 Å². The molecule has 1 N–H and O–H groups in total. The minimum absolute atomic E-state index is 0.0723. The number of aryl methyl sites for hydroxylation is 1. The van der Waals surface area contributed by atoms with E-state index in [1.165, 1.54) is 6.07 Å². The molecule has 1 aromatic rings. The van der Waals surface area contributed by atoms with E-state index < -0.39 is 11.4 Å². The van der Waals surface area contributed by atoms with Gasteiger partial charge in [-0.15, -0.1) is 0 Å². The number of carbonyl (C=O) groups is 1. The summed E-state index contributed by atoms with van der Waals surface area (Å²) < 4.78 is 13.7. The Bertz CT molecular complexity index is 397. The molecule has 1 aromatic carbocycles. The third kappa shape index (κ3) is 2.81. The zero-order valence-corrected chi connectivity index (χ0v) is 9.88. The average Bonchev–Trinajstić information content (AvgIpc) is 2.16. The standard InChI is InChI=1S/C13H17FO2/c1-4-9-5-6-11(14)10(7-9)13(2,3)8-12(15)16/h5-7H,4,8H2,1-3H3,(H,15,16). The molecule has 0 atom stereocenters. The second kappa shape index (κ2) is 4.64. The van der Waals surface area contributed by atoms with Gasteiger partial charge in [0.15, 0.2) is 0 Å². The second-order valence-corrected chi connectivity index (χ2v) is 4.62. The highest BCUT2D eigenvalue weighted by Gasteiger charge is 2.27. The quantitative estimate of drug-likeness (QED) is 0.853. The van der Waals surface area contributed by atoms with E-state index in [0.29, 0.717) is 5.56 Å². The van der Waals surface area contributed by atoms with Gasteiger partial charge in [0, 0.05) is 5.41 Å². The highest BCUT2D eigenvalue weighted by molar-refractivity contribution is 5.69. The van der Waals surface area contributed by atoms with Crippen LogP contribution in [0.2, 0.25) is 0 Å². The van der Waals surface area contributed by atoms with Gasteiger partial charge in [0.25, 0.3) is 0 Å². The Morgan fingerprint density at radius 2 is 2.06 bits per heavy atom. The van der Waals surface area contributed by atoms with Crippen LogP contribution >= 0.6 is 0 Å². The van der Waals surface area contributed by atoms with Gasteiger partial charge in [-0.3, -0.25) is 4.79 Å². The summed E-state index contributed by atoms with van der Waals surface area (Å²) in [6.45, 7) is 5.49. The normalized spacial score (nSPS) is 11.5. The van der Waals surface area contributed by atoms with E-state index in [-0.39, 0.29) is 12.2 Å². The first-order valence-corrected chi connectivity index (χ1v) is 5.37. The molecule has 0 saturated carbocycles. The predicted molar refractivity (Wildman–Crippen MR) is 61.1 cm³/mol. The van der Waals surface area contributed by atoms with Crippen molar-refractivity contribution in [3.05, 3.63) is 35.1 Å². The van der Waals surface area contributed by atoms with Crippen molar-refractivity contribution >= 4 is 5.97 Å². The van der Waals surface area contributed by atoms with E-state index in [1.54, 1.807) is 26.0 Å². The van der Waals surface area contributed by atoms with Crippen LogP contribution in [-0.4, -0.2) is 11.1 Å². The fourth-order valence-corrected chi connectivity index (χ4v) is 1.78. The van der Waals surface area contributed by atoms with Gasteiger partial charge in [-0.25, -0.2) is 4.39 Å². The molecule has 16 heavy (non-hydrogen) atoms. The van der Waals surface area contributed by atoms with Gasteiger partial charge >= 0.3 is 5.97 Å². The maximum Gasteiger partial charge on any atom is 0.304 e. The van der Waals surface area contributed by atoms with Crippen LogP contribution in [-0.2, 0) is 16.6 Å². The molecule has 0 fully saturated rings. The Hall–Kier alpha value is -1.38. The topological polar surface area (TPSA) is 37.3 Å². The molecule has 0 aromatic heterocycles. The van der Waals surface area contributed by atoms with Crippen molar-refractivity contribution in [2.45, 2.75) is 39.0 Å². The maximum atomic E-state index is 13.7. The van der Waals surface area contributed by atoms with Gasteiger partial charge in [0.1, 0.15) is 5.82 Å².